The Hall–Kier alpha value is -0.380. The smallest absolute Gasteiger partial charge is 0.161 e. The van der Waals surface area contributed by atoms with Gasteiger partial charge in [-0.3, -0.25) is 4.99 Å². The molecule has 0 atom stereocenters. The highest BCUT2D eigenvalue weighted by molar-refractivity contribution is 8.14. The normalized spacial score (nSPS) is 21.1. The van der Waals surface area contributed by atoms with Crippen LogP contribution in [0.25, 0.3) is 0 Å². The molecular weight excluding hydrogens is 311 g/mol. The van der Waals surface area contributed by atoms with Crippen molar-refractivity contribution in [1.29, 1.82) is 0 Å². The van der Waals surface area contributed by atoms with E-state index in [1.54, 1.807) is 11.8 Å². The van der Waals surface area contributed by atoms with Crippen molar-refractivity contribution in [3.63, 3.8) is 0 Å². The quantitative estimate of drug-likeness (QED) is 0.748. The van der Waals surface area contributed by atoms with Gasteiger partial charge in [-0.05, 0) is 36.8 Å². The van der Waals surface area contributed by atoms with Crippen LogP contribution in [0.5, 0.6) is 0 Å². The summed E-state index contributed by atoms with van der Waals surface area (Å²) in [7, 11) is 0. The Balaban J connectivity index is 1.76. The molecule has 2 nitrogen and oxygen atoms in total. The van der Waals surface area contributed by atoms with E-state index in [0.717, 1.165) is 28.7 Å². The van der Waals surface area contributed by atoms with Gasteiger partial charge in [-0.1, -0.05) is 53.9 Å². The van der Waals surface area contributed by atoms with Crippen molar-refractivity contribution in [2.24, 2.45) is 10.4 Å². The van der Waals surface area contributed by atoms with Gasteiger partial charge in [0.15, 0.2) is 5.17 Å². The highest BCUT2D eigenvalue weighted by Gasteiger charge is 2.36. The molecule has 1 aliphatic carbocycles. The third-order valence-electron chi connectivity index (χ3n) is 4.25. The predicted molar refractivity (Wildman–Crippen MR) is 90.5 cm³/mol. The molecule has 0 bridgehead atoms. The van der Waals surface area contributed by atoms with Gasteiger partial charge >= 0.3 is 0 Å². The molecule has 1 heterocycles. The van der Waals surface area contributed by atoms with Crippen molar-refractivity contribution in [3.8, 4) is 0 Å². The van der Waals surface area contributed by atoms with Crippen molar-refractivity contribution in [2.45, 2.75) is 32.6 Å². The minimum absolute atomic E-state index is 0.454. The molecule has 108 valence electrons. The number of aliphatic imine (C=N–C) groups is 1. The Bertz CT molecular complexity index is 551. The zero-order valence-corrected chi connectivity index (χ0v) is 13.8. The predicted octanol–water partition coefficient (Wildman–Crippen LogP) is 5.38. The fraction of sp³-hybridized carbons (Fsp3) is 0.533. The van der Waals surface area contributed by atoms with Gasteiger partial charge < -0.3 is 5.32 Å². The number of halogens is 2. The van der Waals surface area contributed by atoms with E-state index >= 15 is 0 Å². The van der Waals surface area contributed by atoms with Crippen LogP contribution < -0.4 is 5.32 Å². The molecule has 1 saturated carbocycles. The van der Waals surface area contributed by atoms with Gasteiger partial charge in [0.1, 0.15) is 0 Å². The van der Waals surface area contributed by atoms with E-state index in [9.17, 15) is 0 Å². The van der Waals surface area contributed by atoms with Crippen LogP contribution in [0.15, 0.2) is 17.1 Å². The Morgan fingerprint density at radius 2 is 2.00 bits per heavy atom. The average Bonchev–Trinajstić information content (AvgIpc) is 2.90. The van der Waals surface area contributed by atoms with Gasteiger partial charge in [0.25, 0.3) is 0 Å². The van der Waals surface area contributed by atoms with E-state index in [2.05, 4.69) is 5.32 Å². The molecule has 1 fully saturated rings. The summed E-state index contributed by atoms with van der Waals surface area (Å²) >= 11 is 14.4. The standard InChI is InChI=1S/C15H18Cl2N2S/c1-10-4-5-11(16)13(12(10)17)19-14-18-8-15(9-20-14)6-2-3-7-15/h4-5H,2-3,6-9H2,1H3,(H,18,19). The number of thioether (sulfide) groups is 1. The van der Waals surface area contributed by atoms with E-state index in [1.807, 2.05) is 19.1 Å². The lowest BCUT2D eigenvalue weighted by Gasteiger charge is -2.31. The third-order valence-corrected chi connectivity index (χ3v) is 6.32. The number of hydrogen-bond donors (Lipinski definition) is 1. The second-order valence-corrected chi connectivity index (χ2v) is 7.54. The average molecular weight is 329 g/mol. The number of amidine groups is 1. The summed E-state index contributed by atoms with van der Waals surface area (Å²) in [6.07, 6.45) is 5.36. The lowest BCUT2D eigenvalue weighted by atomic mass is 9.89. The maximum absolute atomic E-state index is 6.33. The summed E-state index contributed by atoms with van der Waals surface area (Å²) in [6.45, 7) is 2.91. The molecule has 1 aromatic carbocycles. The number of anilines is 1. The Kier molecular flexibility index (Phi) is 4.21. The van der Waals surface area contributed by atoms with E-state index in [1.165, 1.54) is 25.7 Å². The van der Waals surface area contributed by atoms with Crippen molar-refractivity contribution in [3.05, 3.63) is 27.7 Å². The zero-order valence-electron chi connectivity index (χ0n) is 11.5. The van der Waals surface area contributed by atoms with E-state index < -0.39 is 0 Å². The first-order chi connectivity index (χ1) is 9.60. The van der Waals surface area contributed by atoms with Crippen molar-refractivity contribution < 1.29 is 0 Å². The summed E-state index contributed by atoms with van der Waals surface area (Å²) in [6, 6.07) is 3.80. The van der Waals surface area contributed by atoms with Gasteiger partial charge in [0.05, 0.1) is 15.7 Å². The summed E-state index contributed by atoms with van der Waals surface area (Å²) in [5.41, 5.74) is 2.25. The highest BCUT2D eigenvalue weighted by atomic mass is 35.5. The molecule has 3 rings (SSSR count). The largest absolute Gasteiger partial charge is 0.333 e. The summed E-state index contributed by atoms with van der Waals surface area (Å²) in [5, 5.41) is 5.58. The second kappa shape index (κ2) is 5.78. The summed E-state index contributed by atoms with van der Waals surface area (Å²) in [5.74, 6) is 1.15. The van der Waals surface area contributed by atoms with E-state index in [-0.39, 0.29) is 0 Å². The molecule has 5 heteroatoms. The van der Waals surface area contributed by atoms with Gasteiger partial charge in [0.2, 0.25) is 0 Å². The molecule has 1 aromatic rings. The molecule has 1 aliphatic heterocycles. The number of nitrogens with zero attached hydrogens (tertiary/aromatic N) is 1. The van der Waals surface area contributed by atoms with Crippen LogP contribution in [-0.2, 0) is 0 Å². The topological polar surface area (TPSA) is 24.4 Å². The van der Waals surface area contributed by atoms with Crippen molar-refractivity contribution in [2.75, 3.05) is 17.6 Å². The van der Waals surface area contributed by atoms with Crippen molar-refractivity contribution in [1.82, 2.24) is 0 Å². The van der Waals surface area contributed by atoms with Crippen LogP contribution in [0.1, 0.15) is 31.2 Å². The molecule has 20 heavy (non-hydrogen) atoms. The van der Waals surface area contributed by atoms with Gasteiger partial charge in [-0.25, -0.2) is 0 Å². The molecule has 1 spiro atoms. The van der Waals surface area contributed by atoms with Crippen LogP contribution >= 0.6 is 35.0 Å². The molecule has 0 aromatic heterocycles. The van der Waals surface area contributed by atoms with Gasteiger partial charge in [0, 0.05) is 12.3 Å². The maximum Gasteiger partial charge on any atom is 0.161 e. The first kappa shape index (κ1) is 14.6. The van der Waals surface area contributed by atoms with E-state index in [0.29, 0.717) is 15.5 Å². The SMILES string of the molecule is Cc1ccc(Cl)c(NC2=NCC3(CCCC3)CS2)c1Cl. The van der Waals surface area contributed by atoms with Crippen LogP contribution in [0.3, 0.4) is 0 Å². The van der Waals surface area contributed by atoms with Crippen LogP contribution in [-0.4, -0.2) is 17.5 Å². The molecule has 0 amide bonds. The molecule has 1 N–H and O–H groups in total. The highest BCUT2D eigenvalue weighted by Crippen LogP contribution is 2.44. The Morgan fingerprint density at radius 1 is 1.25 bits per heavy atom. The molecule has 0 radical (unpaired) electrons. The number of rotatable bonds is 1. The number of benzene rings is 1. The van der Waals surface area contributed by atoms with Gasteiger partial charge in [-0.2, -0.15) is 0 Å². The van der Waals surface area contributed by atoms with Crippen LogP contribution in [0.4, 0.5) is 5.69 Å². The lowest BCUT2D eigenvalue weighted by Crippen LogP contribution is -2.30. The van der Waals surface area contributed by atoms with E-state index in [4.69, 9.17) is 28.2 Å². The molecule has 0 saturated heterocycles. The first-order valence-electron chi connectivity index (χ1n) is 6.99. The lowest BCUT2D eigenvalue weighted by molar-refractivity contribution is 0.359. The molecular formula is C15H18Cl2N2S. The van der Waals surface area contributed by atoms with Crippen molar-refractivity contribution >= 4 is 45.8 Å². The first-order valence-corrected chi connectivity index (χ1v) is 8.73. The third kappa shape index (κ3) is 2.81. The number of hydrogen-bond acceptors (Lipinski definition) is 3. The molecule has 0 unspecified atom stereocenters. The summed E-state index contributed by atoms with van der Waals surface area (Å²) in [4.78, 5) is 4.72. The minimum Gasteiger partial charge on any atom is -0.333 e. The monoisotopic (exact) mass is 328 g/mol. The second-order valence-electron chi connectivity index (χ2n) is 5.80. The fourth-order valence-electron chi connectivity index (χ4n) is 2.93. The Labute approximate surface area is 134 Å². The maximum atomic E-state index is 6.33. The van der Waals surface area contributed by atoms with Crippen LogP contribution in [0, 0.1) is 12.3 Å². The fourth-order valence-corrected chi connectivity index (χ4v) is 4.55. The van der Waals surface area contributed by atoms with Gasteiger partial charge in [-0.15, -0.1) is 0 Å². The minimum atomic E-state index is 0.454. The van der Waals surface area contributed by atoms with Crippen LogP contribution in [0.2, 0.25) is 10.0 Å². The number of aryl methyl sites for hydroxylation is 1. The number of nitrogens with one attached hydrogen (secondary N) is 1. The molecule has 2 aliphatic rings. The summed E-state index contributed by atoms with van der Waals surface area (Å²) < 4.78 is 0. The Morgan fingerprint density at radius 3 is 2.65 bits per heavy atom. The zero-order chi connectivity index (χ0) is 14.2.